The Morgan fingerprint density at radius 1 is 0.966 bits per heavy atom. The van der Waals surface area contributed by atoms with Crippen molar-refractivity contribution in [3.8, 4) is 11.8 Å². The van der Waals surface area contributed by atoms with Crippen molar-refractivity contribution < 1.29 is 14.4 Å². The van der Waals surface area contributed by atoms with Gasteiger partial charge in [-0.2, -0.15) is 0 Å². The van der Waals surface area contributed by atoms with E-state index >= 15 is 0 Å². The van der Waals surface area contributed by atoms with Crippen LogP contribution in [-0.4, -0.2) is 24.5 Å². The molecule has 2 aliphatic rings. The van der Waals surface area contributed by atoms with E-state index in [2.05, 4.69) is 17.2 Å². The summed E-state index contributed by atoms with van der Waals surface area (Å²) in [6.07, 6.45) is 4.50. The van der Waals surface area contributed by atoms with Crippen LogP contribution in [0.5, 0.6) is 0 Å². The molecule has 3 rings (SSSR count). The van der Waals surface area contributed by atoms with Gasteiger partial charge in [-0.05, 0) is 87.1 Å². The first-order valence-electron chi connectivity index (χ1n) is 10.7. The van der Waals surface area contributed by atoms with Gasteiger partial charge in [0.2, 0.25) is 5.91 Å². The number of rotatable bonds is 3. The molecule has 0 bridgehead atoms. The van der Waals surface area contributed by atoms with Gasteiger partial charge in [0.05, 0.1) is 0 Å². The van der Waals surface area contributed by atoms with Gasteiger partial charge >= 0.3 is 0 Å². The molecule has 0 aliphatic heterocycles. The number of hydrogen-bond donors (Lipinski definition) is 1. The van der Waals surface area contributed by atoms with Crippen molar-refractivity contribution in [1.82, 2.24) is 5.32 Å². The molecule has 2 saturated carbocycles. The van der Waals surface area contributed by atoms with E-state index in [-0.39, 0.29) is 29.3 Å². The molecule has 1 aromatic rings. The molecule has 0 radical (unpaired) electrons. The molecule has 0 spiro atoms. The normalized spacial score (nSPS) is 27.2. The van der Waals surface area contributed by atoms with E-state index in [0.29, 0.717) is 18.8 Å². The average molecular weight is 394 g/mol. The fourth-order valence-corrected chi connectivity index (χ4v) is 5.36. The van der Waals surface area contributed by atoms with E-state index in [9.17, 15) is 14.4 Å². The van der Waals surface area contributed by atoms with Crippen LogP contribution < -0.4 is 5.32 Å². The summed E-state index contributed by atoms with van der Waals surface area (Å²) in [7, 11) is 1.68. The van der Waals surface area contributed by atoms with Crippen LogP contribution in [0, 0.1) is 43.4 Å². The van der Waals surface area contributed by atoms with Gasteiger partial charge in [0.15, 0.2) is 0 Å². The number of amides is 1. The SMILES string of the molecule is CC#Cc1cc(C)c(C2C(=O)CC([C@H]3CC[C@H](C(=O)NC)CC3)CC2=O)c(C)c1. The molecule has 4 heteroatoms. The topological polar surface area (TPSA) is 63.2 Å². The van der Waals surface area contributed by atoms with Crippen LogP contribution in [0.1, 0.15) is 73.6 Å². The van der Waals surface area contributed by atoms with Gasteiger partial charge in [-0.25, -0.2) is 0 Å². The Kier molecular flexibility index (Phi) is 6.57. The Balaban J connectivity index is 1.73. The maximum absolute atomic E-state index is 13.1. The Hall–Kier alpha value is -2.41. The highest BCUT2D eigenvalue weighted by molar-refractivity contribution is 6.10. The molecule has 2 aliphatic carbocycles. The molecular formula is C25H31NO3. The van der Waals surface area contributed by atoms with E-state index in [0.717, 1.165) is 47.9 Å². The molecule has 0 aromatic heterocycles. The fraction of sp³-hybridized carbons (Fsp3) is 0.560. The van der Waals surface area contributed by atoms with Crippen LogP contribution >= 0.6 is 0 Å². The molecule has 29 heavy (non-hydrogen) atoms. The predicted molar refractivity (Wildman–Crippen MR) is 113 cm³/mol. The third-order valence-electron chi connectivity index (χ3n) is 6.78. The molecule has 0 heterocycles. The molecule has 4 nitrogen and oxygen atoms in total. The lowest BCUT2D eigenvalue weighted by atomic mass is 9.66. The minimum absolute atomic E-state index is 0.0557. The number of aryl methyl sites for hydroxylation is 2. The largest absolute Gasteiger partial charge is 0.359 e. The third kappa shape index (κ3) is 4.45. The first-order chi connectivity index (χ1) is 13.8. The number of carbonyl (C=O) groups excluding carboxylic acids is 3. The van der Waals surface area contributed by atoms with Gasteiger partial charge in [-0.1, -0.05) is 5.92 Å². The predicted octanol–water partition coefficient (Wildman–Crippen LogP) is 3.86. The van der Waals surface area contributed by atoms with Crippen LogP contribution in [0.2, 0.25) is 0 Å². The van der Waals surface area contributed by atoms with Crippen molar-refractivity contribution in [2.75, 3.05) is 7.05 Å². The lowest BCUT2D eigenvalue weighted by Crippen LogP contribution is -2.38. The van der Waals surface area contributed by atoms with Gasteiger partial charge in [-0.15, -0.1) is 5.92 Å². The van der Waals surface area contributed by atoms with E-state index in [4.69, 9.17) is 0 Å². The van der Waals surface area contributed by atoms with Crippen LogP contribution in [0.3, 0.4) is 0 Å². The monoisotopic (exact) mass is 393 g/mol. The van der Waals surface area contributed by atoms with Crippen molar-refractivity contribution in [3.63, 3.8) is 0 Å². The van der Waals surface area contributed by atoms with E-state index in [1.165, 1.54) is 0 Å². The minimum atomic E-state index is -0.628. The molecule has 1 N–H and O–H groups in total. The standard InChI is InChI=1S/C25H31NO3/c1-5-6-17-11-15(2)23(16(3)12-17)24-21(27)13-20(14-22(24)28)18-7-9-19(10-8-18)25(29)26-4/h11-12,18-20,24H,7-10,13-14H2,1-4H3,(H,26,29)/t18-,19-,20?,24?. The second-order valence-corrected chi connectivity index (χ2v) is 8.66. The van der Waals surface area contributed by atoms with Crippen molar-refractivity contribution in [2.24, 2.45) is 17.8 Å². The van der Waals surface area contributed by atoms with Gasteiger partial charge in [0.1, 0.15) is 17.5 Å². The van der Waals surface area contributed by atoms with Crippen LogP contribution in [-0.2, 0) is 14.4 Å². The average Bonchev–Trinajstić information content (AvgIpc) is 2.69. The maximum Gasteiger partial charge on any atom is 0.222 e. The second-order valence-electron chi connectivity index (χ2n) is 8.66. The van der Waals surface area contributed by atoms with Crippen molar-refractivity contribution in [3.05, 3.63) is 34.4 Å². The number of ketones is 2. The van der Waals surface area contributed by atoms with Gasteiger partial charge in [0.25, 0.3) is 0 Å². The highest BCUT2D eigenvalue weighted by Gasteiger charge is 2.41. The zero-order valence-corrected chi connectivity index (χ0v) is 17.9. The van der Waals surface area contributed by atoms with Crippen LogP contribution in [0.25, 0.3) is 0 Å². The maximum atomic E-state index is 13.1. The number of hydrogen-bond acceptors (Lipinski definition) is 3. The molecule has 1 amide bonds. The van der Waals surface area contributed by atoms with Gasteiger partial charge in [-0.3, -0.25) is 14.4 Å². The van der Waals surface area contributed by atoms with E-state index in [1.54, 1.807) is 14.0 Å². The van der Waals surface area contributed by atoms with Gasteiger partial charge < -0.3 is 5.32 Å². The summed E-state index contributed by atoms with van der Waals surface area (Å²) >= 11 is 0. The Labute approximate surface area is 173 Å². The van der Waals surface area contributed by atoms with Crippen LogP contribution in [0.15, 0.2) is 12.1 Å². The number of benzene rings is 1. The summed E-state index contributed by atoms with van der Waals surface area (Å²) in [5, 5.41) is 2.73. The lowest BCUT2D eigenvalue weighted by Gasteiger charge is -2.36. The van der Waals surface area contributed by atoms with Crippen molar-refractivity contribution in [2.45, 2.75) is 65.2 Å². The van der Waals surface area contributed by atoms with Crippen LogP contribution in [0.4, 0.5) is 0 Å². The molecule has 154 valence electrons. The number of nitrogens with one attached hydrogen (secondary N) is 1. The molecular weight excluding hydrogens is 362 g/mol. The Bertz CT molecular complexity index is 840. The van der Waals surface area contributed by atoms with E-state index < -0.39 is 5.92 Å². The smallest absolute Gasteiger partial charge is 0.222 e. The summed E-state index contributed by atoms with van der Waals surface area (Å²) in [4.78, 5) is 38.0. The zero-order chi connectivity index (χ0) is 21.1. The Morgan fingerprint density at radius 2 is 1.52 bits per heavy atom. The fourth-order valence-electron chi connectivity index (χ4n) is 5.36. The summed E-state index contributed by atoms with van der Waals surface area (Å²) in [5.74, 6) is 6.13. The Morgan fingerprint density at radius 3 is 2.00 bits per heavy atom. The second kappa shape index (κ2) is 8.95. The quantitative estimate of drug-likeness (QED) is 0.626. The lowest BCUT2D eigenvalue weighted by molar-refractivity contribution is -0.135. The first-order valence-corrected chi connectivity index (χ1v) is 10.7. The summed E-state index contributed by atoms with van der Waals surface area (Å²) in [6, 6.07) is 3.96. The molecule has 1 aromatic carbocycles. The number of Topliss-reactive ketones (excluding diaryl/α,β-unsaturated/α-hetero) is 2. The minimum Gasteiger partial charge on any atom is -0.359 e. The first kappa shape index (κ1) is 21.3. The molecule has 0 unspecified atom stereocenters. The highest BCUT2D eigenvalue weighted by atomic mass is 16.2. The summed E-state index contributed by atoms with van der Waals surface area (Å²) in [5.41, 5.74) is 3.74. The van der Waals surface area contributed by atoms with Crippen molar-refractivity contribution in [1.29, 1.82) is 0 Å². The zero-order valence-electron chi connectivity index (χ0n) is 17.9. The summed E-state index contributed by atoms with van der Waals surface area (Å²) < 4.78 is 0. The van der Waals surface area contributed by atoms with E-state index in [1.807, 2.05) is 26.0 Å². The summed E-state index contributed by atoms with van der Waals surface area (Å²) in [6.45, 7) is 5.74. The number of carbonyl (C=O) groups is 3. The van der Waals surface area contributed by atoms with Crippen molar-refractivity contribution >= 4 is 17.5 Å². The molecule has 2 fully saturated rings. The third-order valence-corrected chi connectivity index (χ3v) is 6.78. The highest BCUT2D eigenvalue weighted by Crippen LogP contribution is 2.42. The molecule has 0 atom stereocenters. The molecule has 0 saturated heterocycles. The van der Waals surface area contributed by atoms with Gasteiger partial charge in [0, 0.05) is 31.4 Å².